The summed E-state index contributed by atoms with van der Waals surface area (Å²) < 4.78 is 5.70. The summed E-state index contributed by atoms with van der Waals surface area (Å²) in [5.41, 5.74) is 6.62. The zero-order chi connectivity index (χ0) is 18.1. The fraction of sp³-hybridized carbons (Fsp3) is 0.500. The van der Waals surface area contributed by atoms with Crippen LogP contribution in [-0.2, 0) is 16.1 Å². The van der Waals surface area contributed by atoms with Crippen molar-refractivity contribution in [1.82, 2.24) is 9.80 Å². The number of amides is 2. The van der Waals surface area contributed by atoms with E-state index in [1.807, 2.05) is 23.1 Å². The molecule has 6 heteroatoms. The summed E-state index contributed by atoms with van der Waals surface area (Å²) >= 11 is 0. The van der Waals surface area contributed by atoms with Crippen molar-refractivity contribution in [2.45, 2.75) is 13.0 Å². The number of rotatable bonds is 4. The molecule has 3 aliphatic rings. The molecule has 2 saturated heterocycles. The first-order chi connectivity index (χ1) is 12.6. The Bertz CT molecular complexity index is 740. The predicted molar refractivity (Wildman–Crippen MR) is 97.3 cm³/mol. The van der Waals surface area contributed by atoms with Gasteiger partial charge in [-0.05, 0) is 24.1 Å². The van der Waals surface area contributed by atoms with Gasteiger partial charge in [0.1, 0.15) is 0 Å². The summed E-state index contributed by atoms with van der Waals surface area (Å²) in [6.07, 6.45) is 4.90. The van der Waals surface area contributed by atoms with Crippen LogP contribution in [-0.4, -0.2) is 61.0 Å². The van der Waals surface area contributed by atoms with Crippen molar-refractivity contribution in [2.75, 3.05) is 39.4 Å². The lowest BCUT2D eigenvalue weighted by Gasteiger charge is -2.39. The first-order valence-electron chi connectivity index (χ1n) is 9.22. The van der Waals surface area contributed by atoms with Crippen molar-refractivity contribution in [3.63, 3.8) is 0 Å². The van der Waals surface area contributed by atoms with Crippen LogP contribution in [0.5, 0.6) is 0 Å². The summed E-state index contributed by atoms with van der Waals surface area (Å²) in [5, 5.41) is 0. The SMILES string of the molecule is NC(=O)c1cccc(CN2CC3COCCC3(C(=O)N3CC=CC3)C2)c1. The second-order valence-corrected chi connectivity index (χ2v) is 7.59. The highest BCUT2D eigenvalue weighted by molar-refractivity contribution is 5.92. The zero-order valence-electron chi connectivity index (χ0n) is 14.9. The number of ether oxygens (including phenoxy) is 1. The van der Waals surface area contributed by atoms with Crippen molar-refractivity contribution in [2.24, 2.45) is 17.1 Å². The second kappa shape index (κ2) is 6.85. The monoisotopic (exact) mass is 355 g/mol. The number of hydrogen-bond acceptors (Lipinski definition) is 4. The van der Waals surface area contributed by atoms with E-state index in [-0.39, 0.29) is 17.2 Å². The average molecular weight is 355 g/mol. The lowest BCUT2D eigenvalue weighted by atomic mass is 9.73. The molecule has 4 rings (SSSR count). The van der Waals surface area contributed by atoms with Gasteiger partial charge in [-0.25, -0.2) is 0 Å². The van der Waals surface area contributed by atoms with Crippen molar-refractivity contribution in [3.05, 3.63) is 47.5 Å². The van der Waals surface area contributed by atoms with E-state index in [1.165, 1.54) is 0 Å². The molecule has 1 aromatic carbocycles. The lowest BCUT2D eigenvalue weighted by Crippen LogP contribution is -2.51. The number of likely N-dealkylation sites (tertiary alicyclic amines) is 1. The van der Waals surface area contributed by atoms with Crippen LogP contribution in [0.15, 0.2) is 36.4 Å². The van der Waals surface area contributed by atoms with Crippen LogP contribution in [0, 0.1) is 11.3 Å². The molecule has 3 aliphatic heterocycles. The van der Waals surface area contributed by atoms with Gasteiger partial charge in [0.05, 0.1) is 12.0 Å². The summed E-state index contributed by atoms with van der Waals surface area (Å²) in [5.74, 6) is 0.0800. The van der Waals surface area contributed by atoms with E-state index < -0.39 is 5.91 Å². The Labute approximate surface area is 153 Å². The van der Waals surface area contributed by atoms with Gasteiger partial charge in [-0.2, -0.15) is 0 Å². The smallest absolute Gasteiger partial charge is 0.248 e. The topological polar surface area (TPSA) is 75.9 Å². The van der Waals surface area contributed by atoms with Crippen molar-refractivity contribution >= 4 is 11.8 Å². The number of nitrogens with two attached hydrogens (primary N) is 1. The highest BCUT2D eigenvalue weighted by Gasteiger charge is 2.54. The normalized spacial score (nSPS) is 28.3. The minimum absolute atomic E-state index is 0.226. The van der Waals surface area contributed by atoms with Gasteiger partial charge < -0.3 is 15.4 Å². The minimum atomic E-state index is -0.413. The Hall–Kier alpha value is -2.18. The first-order valence-corrected chi connectivity index (χ1v) is 9.22. The third-order valence-corrected chi connectivity index (χ3v) is 5.93. The average Bonchev–Trinajstić information content (AvgIpc) is 3.29. The van der Waals surface area contributed by atoms with Crippen LogP contribution in [0.25, 0.3) is 0 Å². The molecular formula is C20H25N3O3. The van der Waals surface area contributed by atoms with Gasteiger partial charge in [-0.1, -0.05) is 24.3 Å². The first kappa shape index (κ1) is 17.2. The van der Waals surface area contributed by atoms with Crippen molar-refractivity contribution in [1.29, 1.82) is 0 Å². The van der Waals surface area contributed by atoms with E-state index >= 15 is 0 Å². The quantitative estimate of drug-likeness (QED) is 0.819. The molecule has 2 fully saturated rings. The number of fused-ring (bicyclic) bond motifs is 1. The van der Waals surface area contributed by atoms with Gasteiger partial charge in [-0.15, -0.1) is 0 Å². The molecule has 0 bridgehead atoms. The predicted octanol–water partition coefficient (Wildman–Crippen LogP) is 1.02. The fourth-order valence-electron chi connectivity index (χ4n) is 4.56. The van der Waals surface area contributed by atoms with Crippen LogP contribution in [0.4, 0.5) is 0 Å². The molecule has 0 aliphatic carbocycles. The van der Waals surface area contributed by atoms with Crippen LogP contribution < -0.4 is 5.73 Å². The molecule has 26 heavy (non-hydrogen) atoms. The van der Waals surface area contributed by atoms with Crippen LogP contribution in [0.3, 0.4) is 0 Å². The number of primary amides is 1. The number of carbonyl (C=O) groups is 2. The maximum absolute atomic E-state index is 13.3. The Balaban J connectivity index is 1.52. The zero-order valence-corrected chi connectivity index (χ0v) is 14.9. The largest absolute Gasteiger partial charge is 0.381 e. The van der Waals surface area contributed by atoms with E-state index in [4.69, 9.17) is 10.5 Å². The van der Waals surface area contributed by atoms with Gasteiger partial charge in [0.15, 0.2) is 0 Å². The maximum atomic E-state index is 13.3. The summed E-state index contributed by atoms with van der Waals surface area (Å²) in [4.78, 5) is 29.0. The number of nitrogens with zero attached hydrogens (tertiary/aromatic N) is 2. The lowest BCUT2D eigenvalue weighted by molar-refractivity contribution is -0.149. The molecule has 0 spiro atoms. The van der Waals surface area contributed by atoms with Crippen LogP contribution in [0.1, 0.15) is 22.3 Å². The molecule has 6 nitrogen and oxygen atoms in total. The molecule has 0 aromatic heterocycles. The Morgan fingerprint density at radius 2 is 2.08 bits per heavy atom. The van der Waals surface area contributed by atoms with E-state index in [9.17, 15) is 9.59 Å². The van der Waals surface area contributed by atoms with E-state index in [0.29, 0.717) is 25.3 Å². The standard InChI is InChI=1S/C20H25N3O3/c21-18(24)16-5-3-4-15(10-16)11-22-12-17-13-26-9-6-20(17,14-22)19(25)23-7-1-2-8-23/h1-5,10,17H,6-9,11-14H2,(H2,21,24). The molecule has 2 unspecified atom stereocenters. The van der Waals surface area contributed by atoms with E-state index in [1.54, 1.807) is 6.07 Å². The highest BCUT2D eigenvalue weighted by atomic mass is 16.5. The molecule has 138 valence electrons. The second-order valence-electron chi connectivity index (χ2n) is 7.59. The molecular weight excluding hydrogens is 330 g/mol. The van der Waals surface area contributed by atoms with Gasteiger partial charge in [0.25, 0.3) is 0 Å². The Morgan fingerprint density at radius 1 is 1.27 bits per heavy atom. The third kappa shape index (κ3) is 3.04. The summed E-state index contributed by atoms with van der Waals surface area (Å²) in [6.45, 7) is 5.03. The minimum Gasteiger partial charge on any atom is -0.381 e. The molecule has 0 radical (unpaired) electrons. The number of benzene rings is 1. The number of carbonyl (C=O) groups excluding carboxylic acids is 2. The highest BCUT2D eigenvalue weighted by Crippen LogP contribution is 2.44. The van der Waals surface area contributed by atoms with Gasteiger partial charge in [0, 0.05) is 50.8 Å². The third-order valence-electron chi connectivity index (χ3n) is 5.93. The molecule has 0 saturated carbocycles. The summed E-state index contributed by atoms with van der Waals surface area (Å²) in [6, 6.07) is 7.44. The Morgan fingerprint density at radius 3 is 2.85 bits per heavy atom. The van der Waals surface area contributed by atoms with Crippen molar-refractivity contribution < 1.29 is 14.3 Å². The molecule has 2 amide bonds. The molecule has 2 N–H and O–H groups in total. The van der Waals surface area contributed by atoms with Crippen molar-refractivity contribution in [3.8, 4) is 0 Å². The van der Waals surface area contributed by atoms with Crippen LogP contribution in [0.2, 0.25) is 0 Å². The van der Waals surface area contributed by atoms with Gasteiger partial charge >= 0.3 is 0 Å². The molecule has 1 aromatic rings. The van der Waals surface area contributed by atoms with E-state index in [2.05, 4.69) is 17.1 Å². The maximum Gasteiger partial charge on any atom is 0.248 e. The molecule has 2 atom stereocenters. The van der Waals surface area contributed by atoms with Gasteiger partial charge in [0.2, 0.25) is 11.8 Å². The number of hydrogen-bond donors (Lipinski definition) is 1. The van der Waals surface area contributed by atoms with Crippen LogP contribution >= 0.6 is 0 Å². The Kier molecular flexibility index (Phi) is 4.54. The molecule has 3 heterocycles. The van der Waals surface area contributed by atoms with Gasteiger partial charge in [-0.3, -0.25) is 14.5 Å². The van der Waals surface area contributed by atoms with E-state index in [0.717, 1.165) is 38.2 Å². The summed E-state index contributed by atoms with van der Waals surface area (Å²) in [7, 11) is 0. The fourth-order valence-corrected chi connectivity index (χ4v) is 4.56.